The molecule has 2 heteroatoms. The van der Waals surface area contributed by atoms with E-state index >= 15 is 0 Å². The third-order valence-electron chi connectivity index (χ3n) is 2.31. The summed E-state index contributed by atoms with van der Waals surface area (Å²) in [6, 6.07) is 8.24. The fourth-order valence-corrected chi connectivity index (χ4v) is 1.68. The third kappa shape index (κ3) is 4.06. The average Bonchev–Trinajstić information content (AvgIpc) is 2.17. The van der Waals surface area contributed by atoms with Crippen molar-refractivity contribution >= 4 is 11.6 Å². The summed E-state index contributed by atoms with van der Waals surface area (Å²) in [6.07, 6.45) is 2.17. The van der Waals surface area contributed by atoms with Gasteiger partial charge in [0.05, 0.1) is 0 Å². The molecule has 0 aliphatic heterocycles. The minimum absolute atomic E-state index is 0.286. The first-order chi connectivity index (χ1) is 7.11. The van der Waals surface area contributed by atoms with Crippen LogP contribution < -0.4 is 5.32 Å². The Balaban J connectivity index is 2.58. The fraction of sp³-hybridized carbons (Fsp3) is 0.385. The monoisotopic (exact) mass is 223 g/mol. The number of hydrogen-bond acceptors (Lipinski definition) is 1. The van der Waals surface area contributed by atoms with Crippen molar-refractivity contribution in [2.24, 2.45) is 0 Å². The molecule has 1 rings (SSSR count). The zero-order valence-corrected chi connectivity index (χ0v) is 10.3. The molecule has 0 spiro atoms. The van der Waals surface area contributed by atoms with Crippen molar-refractivity contribution in [3.8, 4) is 0 Å². The number of hydrogen-bond donors (Lipinski definition) is 1. The highest BCUT2D eigenvalue weighted by atomic mass is 35.5. The molecule has 82 valence electrons. The van der Waals surface area contributed by atoms with E-state index in [2.05, 4.69) is 38.2 Å². The lowest BCUT2D eigenvalue weighted by molar-refractivity contribution is 0.616. The second kappa shape index (κ2) is 5.94. The Hall–Kier alpha value is -0.790. The lowest BCUT2D eigenvalue weighted by atomic mass is 10.1. The molecular weight excluding hydrogens is 206 g/mol. The van der Waals surface area contributed by atoms with Gasteiger partial charge in [-0.25, -0.2) is 0 Å². The Kier molecular flexibility index (Phi) is 4.86. The molecule has 0 bridgehead atoms. The lowest BCUT2D eigenvalue weighted by Gasteiger charge is -2.14. The van der Waals surface area contributed by atoms with Gasteiger partial charge in [-0.05, 0) is 32.4 Å². The van der Waals surface area contributed by atoms with Crippen molar-refractivity contribution in [2.45, 2.75) is 26.8 Å². The van der Waals surface area contributed by atoms with Crippen LogP contribution in [0.25, 0.3) is 0 Å². The highest BCUT2D eigenvalue weighted by Gasteiger charge is 2.06. The van der Waals surface area contributed by atoms with Crippen LogP contribution in [0.3, 0.4) is 0 Å². The predicted octanol–water partition coefficient (Wildman–Crippen LogP) is 3.96. The first-order valence-corrected chi connectivity index (χ1v) is 5.60. The highest BCUT2D eigenvalue weighted by Crippen LogP contribution is 2.21. The summed E-state index contributed by atoms with van der Waals surface area (Å²) < 4.78 is 0. The molecule has 0 unspecified atom stereocenters. The van der Waals surface area contributed by atoms with Crippen molar-refractivity contribution in [3.05, 3.63) is 46.5 Å². The predicted molar refractivity (Wildman–Crippen MR) is 67.3 cm³/mol. The Morgan fingerprint density at radius 1 is 1.40 bits per heavy atom. The van der Waals surface area contributed by atoms with E-state index in [1.165, 1.54) is 5.57 Å². The average molecular weight is 224 g/mol. The summed E-state index contributed by atoms with van der Waals surface area (Å²) in [6.45, 7) is 7.21. The summed E-state index contributed by atoms with van der Waals surface area (Å²) in [7, 11) is 0. The van der Waals surface area contributed by atoms with Crippen LogP contribution in [0.5, 0.6) is 0 Å². The summed E-state index contributed by atoms with van der Waals surface area (Å²) in [5.74, 6) is 0. The molecule has 1 aromatic rings. The second-order valence-corrected chi connectivity index (χ2v) is 4.34. The number of allylic oxidation sites excluding steroid dienone is 1. The van der Waals surface area contributed by atoms with Gasteiger partial charge in [0.1, 0.15) is 0 Å². The topological polar surface area (TPSA) is 12.0 Å². The van der Waals surface area contributed by atoms with E-state index in [4.69, 9.17) is 11.6 Å². The molecule has 0 fully saturated rings. The Morgan fingerprint density at radius 2 is 2.07 bits per heavy atom. The van der Waals surface area contributed by atoms with E-state index in [1.807, 2.05) is 18.2 Å². The maximum atomic E-state index is 6.11. The number of benzene rings is 1. The van der Waals surface area contributed by atoms with Crippen LogP contribution in [-0.2, 0) is 0 Å². The molecule has 1 atom stereocenters. The van der Waals surface area contributed by atoms with E-state index in [9.17, 15) is 0 Å². The van der Waals surface area contributed by atoms with Gasteiger partial charge in [0.15, 0.2) is 0 Å². The van der Waals surface area contributed by atoms with Crippen LogP contribution in [-0.4, -0.2) is 6.54 Å². The zero-order valence-electron chi connectivity index (χ0n) is 9.55. The molecule has 15 heavy (non-hydrogen) atoms. The molecule has 1 N–H and O–H groups in total. The van der Waals surface area contributed by atoms with E-state index in [1.54, 1.807) is 0 Å². The fourth-order valence-electron chi connectivity index (χ4n) is 1.38. The van der Waals surface area contributed by atoms with Gasteiger partial charge in [0.2, 0.25) is 0 Å². The quantitative estimate of drug-likeness (QED) is 0.762. The molecule has 0 aliphatic carbocycles. The van der Waals surface area contributed by atoms with Crippen LogP contribution in [0, 0.1) is 0 Å². The first-order valence-electron chi connectivity index (χ1n) is 5.22. The molecule has 0 aromatic heterocycles. The van der Waals surface area contributed by atoms with Gasteiger partial charge >= 0.3 is 0 Å². The summed E-state index contributed by atoms with van der Waals surface area (Å²) in [5, 5.41) is 4.24. The Morgan fingerprint density at radius 3 is 2.67 bits per heavy atom. The number of rotatable bonds is 4. The molecular formula is C13H18ClN. The maximum absolute atomic E-state index is 6.11. The largest absolute Gasteiger partial charge is 0.307 e. The van der Waals surface area contributed by atoms with Gasteiger partial charge in [-0.2, -0.15) is 0 Å². The molecule has 0 saturated heterocycles. The minimum atomic E-state index is 0.286. The van der Waals surface area contributed by atoms with Gasteiger partial charge < -0.3 is 5.32 Å². The Bertz CT molecular complexity index is 340. The number of halogens is 1. The maximum Gasteiger partial charge on any atom is 0.0453 e. The summed E-state index contributed by atoms with van der Waals surface area (Å²) >= 11 is 6.11. The Labute approximate surface area is 97.1 Å². The van der Waals surface area contributed by atoms with Crippen LogP contribution in [0.2, 0.25) is 5.02 Å². The van der Waals surface area contributed by atoms with Crippen molar-refractivity contribution in [3.63, 3.8) is 0 Å². The standard InChI is InChI=1S/C13H18ClN/c1-10(2)8-9-15-11(3)12-6-4-5-7-13(12)14/h4-8,11,15H,9H2,1-3H3/t11-/m1/s1. The second-order valence-electron chi connectivity index (χ2n) is 3.93. The van der Waals surface area contributed by atoms with E-state index in [-0.39, 0.29) is 6.04 Å². The van der Waals surface area contributed by atoms with Gasteiger partial charge in [-0.3, -0.25) is 0 Å². The normalized spacial score (nSPS) is 12.3. The van der Waals surface area contributed by atoms with Crippen molar-refractivity contribution < 1.29 is 0 Å². The lowest BCUT2D eigenvalue weighted by Crippen LogP contribution is -2.18. The number of nitrogens with one attached hydrogen (secondary N) is 1. The van der Waals surface area contributed by atoms with Crippen LogP contribution in [0.4, 0.5) is 0 Å². The van der Waals surface area contributed by atoms with Gasteiger partial charge in [0, 0.05) is 17.6 Å². The van der Waals surface area contributed by atoms with E-state index in [0.717, 1.165) is 17.1 Å². The SMILES string of the molecule is CC(C)=CCN[C@H](C)c1ccccc1Cl. The van der Waals surface area contributed by atoms with Crippen LogP contribution in [0.1, 0.15) is 32.4 Å². The molecule has 0 aliphatic rings. The van der Waals surface area contributed by atoms with Gasteiger partial charge in [0.25, 0.3) is 0 Å². The molecule has 0 saturated carbocycles. The van der Waals surface area contributed by atoms with Gasteiger partial charge in [-0.15, -0.1) is 0 Å². The van der Waals surface area contributed by atoms with E-state index < -0.39 is 0 Å². The third-order valence-corrected chi connectivity index (χ3v) is 2.65. The van der Waals surface area contributed by atoms with E-state index in [0.29, 0.717) is 0 Å². The molecule has 1 nitrogen and oxygen atoms in total. The molecule has 0 amide bonds. The molecule has 1 aromatic carbocycles. The summed E-state index contributed by atoms with van der Waals surface area (Å²) in [4.78, 5) is 0. The smallest absolute Gasteiger partial charge is 0.0453 e. The van der Waals surface area contributed by atoms with Crippen LogP contribution >= 0.6 is 11.6 Å². The zero-order chi connectivity index (χ0) is 11.3. The summed E-state index contributed by atoms with van der Waals surface area (Å²) in [5.41, 5.74) is 2.48. The van der Waals surface area contributed by atoms with Crippen LogP contribution in [0.15, 0.2) is 35.9 Å². The molecule has 0 radical (unpaired) electrons. The van der Waals surface area contributed by atoms with Crippen molar-refractivity contribution in [2.75, 3.05) is 6.54 Å². The van der Waals surface area contributed by atoms with Gasteiger partial charge in [-0.1, -0.05) is 41.4 Å². The van der Waals surface area contributed by atoms with Crippen molar-refractivity contribution in [1.29, 1.82) is 0 Å². The van der Waals surface area contributed by atoms with Crippen molar-refractivity contribution in [1.82, 2.24) is 5.32 Å². The highest BCUT2D eigenvalue weighted by molar-refractivity contribution is 6.31. The first kappa shape index (κ1) is 12.3. The minimum Gasteiger partial charge on any atom is -0.307 e. The molecule has 0 heterocycles.